The predicted molar refractivity (Wildman–Crippen MR) is 369 cm³/mol. The molecular weight excluding hydrogens is 1070 g/mol. The van der Waals surface area contributed by atoms with Gasteiger partial charge in [-0.25, -0.2) is 4.57 Å². The normalized spacial score (nSPS) is 13.8. The Kier molecular flexibility index (Phi) is 62.9. The third-order valence-corrected chi connectivity index (χ3v) is 17.4. The molecular formula is C75H142N2O7P+. The third-order valence-electron chi connectivity index (χ3n) is 16.5. The highest BCUT2D eigenvalue weighted by molar-refractivity contribution is 7.47. The van der Waals surface area contributed by atoms with Crippen LogP contribution in [0.2, 0.25) is 0 Å². The second-order valence-electron chi connectivity index (χ2n) is 26.1. The Hall–Kier alpha value is -2.29. The van der Waals surface area contributed by atoms with Crippen LogP contribution in [0.5, 0.6) is 0 Å². The molecule has 9 nitrogen and oxygen atoms in total. The molecule has 0 aliphatic carbocycles. The highest BCUT2D eigenvalue weighted by atomic mass is 31.2. The second-order valence-corrected chi connectivity index (χ2v) is 27.6. The highest BCUT2D eigenvalue weighted by Crippen LogP contribution is 2.43. The average molecular weight is 1210 g/mol. The summed E-state index contributed by atoms with van der Waals surface area (Å²) in [6, 6.07) is -0.857. The summed E-state index contributed by atoms with van der Waals surface area (Å²) in [6.07, 6.45) is 83.8. The Morgan fingerprint density at radius 3 is 1.09 bits per heavy atom. The van der Waals surface area contributed by atoms with Gasteiger partial charge in [0.1, 0.15) is 19.3 Å². The number of nitrogens with one attached hydrogen (secondary N) is 1. The van der Waals surface area contributed by atoms with Gasteiger partial charge in [-0.1, -0.05) is 326 Å². The molecule has 0 aromatic heterocycles. The van der Waals surface area contributed by atoms with Crippen LogP contribution in [0.25, 0.3) is 0 Å². The maximum atomic E-state index is 13.6. The van der Waals surface area contributed by atoms with Crippen molar-refractivity contribution >= 4 is 19.7 Å². The van der Waals surface area contributed by atoms with Gasteiger partial charge in [0.25, 0.3) is 0 Å². The van der Waals surface area contributed by atoms with Crippen LogP contribution in [0, 0.1) is 0 Å². The molecule has 1 amide bonds. The molecule has 0 aromatic carbocycles. The van der Waals surface area contributed by atoms with Gasteiger partial charge in [-0.2, -0.15) is 0 Å². The molecule has 0 bridgehead atoms. The molecule has 0 aromatic rings. The molecule has 3 atom stereocenters. The van der Waals surface area contributed by atoms with Crippen LogP contribution in [0.3, 0.4) is 0 Å². The first-order chi connectivity index (χ1) is 41.4. The van der Waals surface area contributed by atoms with Crippen LogP contribution < -0.4 is 5.32 Å². The van der Waals surface area contributed by atoms with Gasteiger partial charge >= 0.3 is 13.8 Å². The summed E-state index contributed by atoms with van der Waals surface area (Å²) in [7, 11) is 1.50. The van der Waals surface area contributed by atoms with Crippen molar-refractivity contribution in [1.29, 1.82) is 0 Å². The number of phosphoric ester groups is 1. The van der Waals surface area contributed by atoms with E-state index in [0.29, 0.717) is 17.4 Å². The minimum atomic E-state index is -4.46. The quantitative estimate of drug-likeness (QED) is 0.0205. The topological polar surface area (TPSA) is 111 Å². The molecule has 2 N–H and O–H groups in total. The van der Waals surface area contributed by atoms with E-state index in [1.807, 2.05) is 33.3 Å². The number of ether oxygens (including phenoxy) is 1. The first kappa shape index (κ1) is 82.7. The zero-order valence-corrected chi connectivity index (χ0v) is 58.0. The van der Waals surface area contributed by atoms with Crippen LogP contribution in [0.4, 0.5) is 0 Å². The number of carbonyl (C=O) groups is 2. The Morgan fingerprint density at radius 2 is 0.718 bits per heavy atom. The van der Waals surface area contributed by atoms with E-state index in [1.54, 1.807) is 0 Å². The number of carbonyl (C=O) groups excluding carboxylic acids is 2. The third kappa shape index (κ3) is 66.0. The number of unbranched alkanes of at least 4 members (excludes halogenated alkanes) is 43. The van der Waals surface area contributed by atoms with Gasteiger partial charge in [-0.05, 0) is 76.7 Å². The lowest BCUT2D eigenvalue weighted by Gasteiger charge is -2.27. The van der Waals surface area contributed by atoms with Gasteiger partial charge in [-0.15, -0.1) is 0 Å². The van der Waals surface area contributed by atoms with Gasteiger partial charge in [0.05, 0.1) is 33.8 Å². The fourth-order valence-electron chi connectivity index (χ4n) is 10.8. The number of phosphoric acid groups is 1. The van der Waals surface area contributed by atoms with E-state index in [9.17, 15) is 19.0 Å². The van der Waals surface area contributed by atoms with Crippen LogP contribution in [-0.4, -0.2) is 74.3 Å². The Labute approximate surface area is 528 Å². The number of amides is 1. The van der Waals surface area contributed by atoms with Gasteiger partial charge in [-0.3, -0.25) is 18.6 Å². The molecule has 85 heavy (non-hydrogen) atoms. The molecule has 0 aliphatic rings. The molecule has 0 rings (SSSR count). The lowest BCUT2D eigenvalue weighted by atomic mass is 10.0. The molecule has 0 fully saturated rings. The number of rotatable bonds is 67. The van der Waals surface area contributed by atoms with Crippen molar-refractivity contribution < 1.29 is 37.3 Å². The number of likely N-dealkylation sites (N-methyl/N-ethyl adjacent to an activating group) is 1. The molecule has 0 saturated heterocycles. The maximum Gasteiger partial charge on any atom is 0.472 e. The van der Waals surface area contributed by atoms with Crippen molar-refractivity contribution in [2.24, 2.45) is 0 Å². The number of hydrogen-bond donors (Lipinski definition) is 2. The van der Waals surface area contributed by atoms with E-state index >= 15 is 0 Å². The summed E-state index contributed by atoms with van der Waals surface area (Å²) >= 11 is 0. The lowest BCUT2D eigenvalue weighted by Crippen LogP contribution is -2.47. The summed E-state index contributed by atoms with van der Waals surface area (Å²) in [5, 5.41) is 3.07. The summed E-state index contributed by atoms with van der Waals surface area (Å²) < 4.78 is 30.9. The van der Waals surface area contributed by atoms with Crippen molar-refractivity contribution in [3.8, 4) is 0 Å². The van der Waals surface area contributed by atoms with E-state index in [1.165, 1.54) is 225 Å². The van der Waals surface area contributed by atoms with Crippen molar-refractivity contribution in [3.63, 3.8) is 0 Å². The lowest BCUT2D eigenvalue weighted by molar-refractivity contribution is -0.870. The Bertz CT molecular complexity index is 1640. The summed E-state index contributed by atoms with van der Waals surface area (Å²) in [5.74, 6) is -0.511. The van der Waals surface area contributed by atoms with E-state index in [4.69, 9.17) is 13.8 Å². The zero-order valence-electron chi connectivity index (χ0n) is 57.1. The van der Waals surface area contributed by atoms with E-state index in [2.05, 4.69) is 74.7 Å². The number of nitrogens with zero attached hydrogens (tertiary/aromatic N) is 1. The molecule has 0 saturated carbocycles. The molecule has 0 aliphatic heterocycles. The maximum absolute atomic E-state index is 13.6. The van der Waals surface area contributed by atoms with Gasteiger partial charge in [0.15, 0.2) is 0 Å². The number of quaternary nitrogens is 1. The molecule has 0 spiro atoms. The van der Waals surface area contributed by atoms with E-state index in [-0.39, 0.29) is 31.5 Å². The van der Waals surface area contributed by atoms with Gasteiger partial charge in [0, 0.05) is 12.8 Å². The number of hydrogen-bond acceptors (Lipinski definition) is 6. The first-order valence-corrected chi connectivity index (χ1v) is 38.1. The van der Waals surface area contributed by atoms with E-state index < -0.39 is 20.0 Å². The summed E-state index contributed by atoms with van der Waals surface area (Å²) in [6.45, 7) is 7.03. The van der Waals surface area contributed by atoms with E-state index in [0.717, 1.165) is 96.3 Å². The fourth-order valence-corrected chi connectivity index (χ4v) is 11.5. The fraction of sp³-hybridized carbons (Fsp3) is 0.840. The van der Waals surface area contributed by atoms with Crippen molar-refractivity contribution in [3.05, 3.63) is 60.8 Å². The zero-order chi connectivity index (χ0) is 62.1. The predicted octanol–water partition coefficient (Wildman–Crippen LogP) is 23.3. The summed E-state index contributed by atoms with van der Waals surface area (Å²) in [5.41, 5.74) is 0. The highest BCUT2D eigenvalue weighted by Gasteiger charge is 2.30. The van der Waals surface area contributed by atoms with Crippen LogP contribution in [0.1, 0.15) is 355 Å². The van der Waals surface area contributed by atoms with Crippen molar-refractivity contribution in [2.45, 2.75) is 367 Å². The minimum absolute atomic E-state index is 0.0374. The van der Waals surface area contributed by atoms with Crippen molar-refractivity contribution in [1.82, 2.24) is 5.32 Å². The first-order valence-electron chi connectivity index (χ1n) is 36.6. The SMILES string of the molecule is CCCCC/C=C\C/C=C\C/C=C\C/C=C\CCCCCCCC(=O)OC(/C=C/CCCCCCCCCCCCC)C(COP(=O)(O)OCC[N+](C)(C)C)NC(=O)CCCCCCCCCCCCCCCCCCCCCCCCCCC. The minimum Gasteiger partial charge on any atom is -0.456 e. The smallest absolute Gasteiger partial charge is 0.456 e. The molecule has 10 heteroatoms. The largest absolute Gasteiger partial charge is 0.472 e. The average Bonchev–Trinajstić information content (AvgIpc) is 3.48. The summed E-state index contributed by atoms with van der Waals surface area (Å²) in [4.78, 5) is 37.9. The van der Waals surface area contributed by atoms with Crippen LogP contribution >= 0.6 is 7.82 Å². The molecule has 0 heterocycles. The van der Waals surface area contributed by atoms with Crippen LogP contribution in [-0.2, 0) is 27.9 Å². The Balaban J connectivity index is 5.09. The Morgan fingerprint density at radius 1 is 0.412 bits per heavy atom. The molecule has 498 valence electrons. The second kappa shape index (κ2) is 64.7. The van der Waals surface area contributed by atoms with Gasteiger partial charge in [0.2, 0.25) is 5.91 Å². The number of esters is 1. The monoisotopic (exact) mass is 1210 g/mol. The van der Waals surface area contributed by atoms with Gasteiger partial charge < -0.3 is 19.4 Å². The number of allylic oxidation sites excluding steroid dienone is 9. The molecule has 3 unspecified atom stereocenters. The molecule has 0 radical (unpaired) electrons. The van der Waals surface area contributed by atoms with Crippen LogP contribution in [0.15, 0.2) is 60.8 Å². The van der Waals surface area contributed by atoms with Crippen molar-refractivity contribution in [2.75, 3.05) is 40.9 Å². The standard InChI is InChI=1S/C75H141N2O7P/c1-7-10-13-16-19-22-25-28-30-32-34-36-37-38-39-41-42-44-46-49-52-55-58-61-64-67-74(78)76-72(71-83-85(80,81)82-70-69-77(4,5)6)73(66-63-60-57-54-51-48-27-24-21-18-15-12-9-3)84-75(79)68-65-62-59-56-53-50-47-45-43-40-35-33-31-29-26-23-20-17-14-11-8-2/h20,23,29,31,35,40,45,47,63,66,72-73H,7-19,21-22,24-28,30,32-34,36-39,41-44,46,48-62,64-65,67-71H2,1-6H3,(H-,76,78,80,81)/p+1/b23-20-,31-29-,40-35-,47-45-,66-63+.